The number of aromatic nitrogens is 1. The largest absolute Gasteiger partial charge is 0.346 e. The quantitative estimate of drug-likeness (QED) is 0.798. The van der Waals surface area contributed by atoms with Gasteiger partial charge < -0.3 is 10.6 Å². The first kappa shape index (κ1) is 15.1. The Hall–Kier alpha value is -0.940. The van der Waals surface area contributed by atoms with Crippen molar-refractivity contribution < 1.29 is 4.79 Å². The van der Waals surface area contributed by atoms with Gasteiger partial charge in [0.25, 0.3) is 0 Å². The SMILES string of the molecule is CCc1cnc(C(C)NC(=O)CNC(C)CC)s1. The summed E-state index contributed by atoms with van der Waals surface area (Å²) in [7, 11) is 0. The molecule has 2 unspecified atom stereocenters. The third-order valence-corrected chi connectivity index (χ3v) is 4.22. The van der Waals surface area contributed by atoms with Gasteiger partial charge in [0, 0.05) is 17.1 Å². The fraction of sp³-hybridized carbons (Fsp3) is 0.692. The van der Waals surface area contributed by atoms with Gasteiger partial charge in [-0.05, 0) is 26.7 Å². The maximum absolute atomic E-state index is 11.7. The number of amides is 1. The first-order valence-corrected chi connectivity index (χ1v) is 7.35. The van der Waals surface area contributed by atoms with Gasteiger partial charge in [-0.15, -0.1) is 11.3 Å². The van der Waals surface area contributed by atoms with Crippen molar-refractivity contribution in [2.24, 2.45) is 0 Å². The van der Waals surface area contributed by atoms with Gasteiger partial charge in [-0.1, -0.05) is 13.8 Å². The van der Waals surface area contributed by atoms with Crippen molar-refractivity contribution in [1.29, 1.82) is 0 Å². The van der Waals surface area contributed by atoms with Crippen LogP contribution in [0.4, 0.5) is 0 Å². The summed E-state index contributed by atoms with van der Waals surface area (Å²) in [6, 6.07) is 0.360. The molecule has 0 aromatic carbocycles. The summed E-state index contributed by atoms with van der Waals surface area (Å²) in [4.78, 5) is 17.3. The van der Waals surface area contributed by atoms with E-state index in [0.29, 0.717) is 12.6 Å². The highest BCUT2D eigenvalue weighted by atomic mass is 32.1. The van der Waals surface area contributed by atoms with Crippen LogP contribution >= 0.6 is 11.3 Å². The number of rotatable bonds is 7. The van der Waals surface area contributed by atoms with E-state index in [-0.39, 0.29) is 11.9 Å². The first-order valence-electron chi connectivity index (χ1n) is 6.54. The Kier molecular flexibility index (Phi) is 6.29. The zero-order valence-electron chi connectivity index (χ0n) is 11.6. The zero-order valence-corrected chi connectivity index (χ0v) is 12.4. The second kappa shape index (κ2) is 7.48. The second-order valence-corrected chi connectivity index (χ2v) is 5.64. The van der Waals surface area contributed by atoms with Crippen LogP contribution in [0.5, 0.6) is 0 Å². The summed E-state index contributed by atoms with van der Waals surface area (Å²) in [5.74, 6) is 0.0241. The number of thiazole rings is 1. The number of hydrogen-bond acceptors (Lipinski definition) is 4. The molecule has 5 heteroatoms. The van der Waals surface area contributed by atoms with Crippen molar-refractivity contribution in [2.45, 2.75) is 52.6 Å². The molecule has 1 aromatic heterocycles. The lowest BCUT2D eigenvalue weighted by Gasteiger charge is -2.14. The number of carbonyl (C=O) groups is 1. The van der Waals surface area contributed by atoms with Crippen molar-refractivity contribution in [3.05, 3.63) is 16.1 Å². The van der Waals surface area contributed by atoms with Crippen LogP contribution in [0.3, 0.4) is 0 Å². The molecule has 102 valence electrons. The van der Waals surface area contributed by atoms with Crippen LogP contribution in [0, 0.1) is 0 Å². The molecule has 0 saturated heterocycles. The van der Waals surface area contributed by atoms with Gasteiger partial charge in [-0.25, -0.2) is 4.98 Å². The van der Waals surface area contributed by atoms with Crippen LogP contribution in [0.25, 0.3) is 0 Å². The zero-order chi connectivity index (χ0) is 13.5. The topological polar surface area (TPSA) is 54.0 Å². The minimum absolute atomic E-state index is 0.0125. The van der Waals surface area contributed by atoms with Crippen LogP contribution < -0.4 is 10.6 Å². The predicted molar refractivity (Wildman–Crippen MR) is 75.8 cm³/mol. The lowest BCUT2D eigenvalue weighted by Crippen LogP contribution is -2.38. The van der Waals surface area contributed by atoms with Crippen molar-refractivity contribution in [2.75, 3.05) is 6.54 Å². The maximum atomic E-state index is 11.7. The van der Waals surface area contributed by atoms with E-state index in [1.165, 1.54) is 4.88 Å². The summed E-state index contributed by atoms with van der Waals surface area (Å²) in [6.45, 7) is 8.62. The summed E-state index contributed by atoms with van der Waals surface area (Å²) < 4.78 is 0. The third kappa shape index (κ3) is 4.74. The second-order valence-electron chi connectivity index (χ2n) is 4.50. The molecule has 2 atom stereocenters. The Morgan fingerprint density at radius 2 is 2.17 bits per heavy atom. The highest BCUT2D eigenvalue weighted by Crippen LogP contribution is 2.19. The summed E-state index contributed by atoms with van der Waals surface area (Å²) in [6.07, 6.45) is 3.91. The van der Waals surface area contributed by atoms with Crippen LogP contribution in [-0.2, 0) is 11.2 Å². The van der Waals surface area contributed by atoms with Crippen LogP contribution in [0.2, 0.25) is 0 Å². The Labute approximate surface area is 113 Å². The van der Waals surface area contributed by atoms with E-state index in [1.54, 1.807) is 11.3 Å². The molecule has 4 nitrogen and oxygen atoms in total. The van der Waals surface area contributed by atoms with E-state index in [1.807, 2.05) is 13.1 Å². The van der Waals surface area contributed by atoms with E-state index in [0.717, 1.165) is 17.8 Å². The summed E-state index contributed by atoms with van der Waals surface area (Å²) in [5.41, 5.74) is 0. The Morgan fingerprint density at radius 1 is 1.44 bits per heavy atom. The highest BCUT2D eigenvalue weighted by molar-refractivity contribution is 7.11. The normalized spacial score (nSPS) is 14.2. The molecule has 0 radical (unpaired) electrons. The van der Waals surface area contributed by atoms with E-state index >= 15 is 0 Å². The summed E-state index contributed by atoms with van der Waals surface area (Å²) >= 11 is 1.67. The smallest absolute Gasteiger partial charge is 0.234 e. The van der Waals surface area contributed by atoms with Crippen molar-refractivity contribution >= 4 is 17.2 Å². The van der Waals surface area contributed by atoms with Crippen LogP contribution in [0.1, 0.15) is 50.0 Å². The molecule has 1 aromatic rings. The van der Waals surface area contributed by atoms with Crippen molar-refractivity contribution in [1.82, 2.24) is 15.6 Å². The molecule has 0 spiro atoms. The molecule has 0 saturated carbocycles. The minimum atomic E-state index is -0.0125. The molecule has 18 heavy (non-hydrogen) atoms. The van der Waals surface area contributed by atoms with E-state index in [4.69, 9.17) is 0 Å². The molecule has 0 bridgehead atoms. The summed E-state index contributed by atoms with van der Waals surface area (Å²) in [5, 5.41) is 7.11. The number of nitrogens with one attached hydrogen (secondary N) is 2. The lowest BCUT2D eigenvalue weighted by atomic mass is 10.2. The number of hydrogen-bond donors (Lipinski definition) is 2. The first-order chi connectivity index (χ1) is 8.56. The van der Waals surface area contributed by atoms with Gasteiger partial charge in [0.05, 0.1) is 12.6 Å². The van der Waals surface area contributed by atoms with Crippen molar-refractivity contribution in [3.8, 4) is 0 Å². The predicted octanol–water partition coefficient (Wildman–Crippen LogP) is 2.27. The van der Waals surface area contributed by atoms with E-state index in [9.17, 15) is 4.79 Å². The Morgan fingerprint density at radius 3 is 2.72 bits per heavy atom. The van der Waals surface area contributed by atoms with Gasteiger partial charge in [-0.2, -0.15) is 0 Å². The van der Waals surface area contributed by atoms with Crippen LogP contribution in [-0.4, -0.2) is 23.5 Å². The number of nitrogens with zero attached hydrogens (tertiary/aromatic N) is 1. The fourth-order valence-corrected chi connectivity index (χ4v) is 2.31. The molecule has 1 amide bonds. The van der Waals surface area contributed by atoms with Gasteiger partial charge in [-0.3, -0.25) is 4.79 Å². The molecule has 0 fully saturated rings. The van der Waals surface area contributed by atoms with E-state index < -0.39 is 0 Å². The molecule has 1 rings (SSSR count). The fourth-order valence-electron chi connectivity index (χ4n) is 1.45. The molecule has 0 aliphatic carbocycles. The lowest BCUT2D eigenvalue weighted by molar-refractivity contribution is -0.121. The molecular formula is C13H23N3OS. The Bertz CT molecular complexity index is 378. The van der Waals surface area contributed by atoms with Crippen LogP contribution in [0.15, 0.2) is 6.20 Å². The third-order valence-electron chi connectivity index (χ3n) is 2.89. The monoisotopic (exact) mass is 269 g/mol. The van der Waals surface area contributed by atoms with Gasteiger partial charge in [0.1, 0.15) is 5.01 Å². The van der Waals surface area contributed by atoms with E-state index in [2.05, 4.69) is 36.4 Å². The molecule has 2 N–H and O–H groups in total. The average molecular weight is 269 g/mol. The molecule has 1 heterocycles. The standard InChI is InChI=1S/C13H23N3OS/c1-5-9(3)14-8-12(17)16-10(4)13-15-7-11(6-2)18-13/h7,9-10,14H,5-6,8H2,1-4H3,(H,16,17). The number of aryl methyl sites for hydroxylation is 1. The van der Waals surface area contributed by atoms with Gasteiger partial charge >= 0.3 is 0 Å². The molecular weight excluding hydrogens is 246 g/mol. The highest BCUT2D eigenvalue weighted by Gasteiger charge is 2.13. The minimum Gasteiger partial charge on any atom is -0.346 e. The molecule has 0 aliphatic heterocycles. The van der Waals surface area contributed by atoms with Gasteiger partial charge in [0.2, 0.25) is 5.91 Å². The maximum Gasteiger partial charge on any atom is 0.234 e. The average Bonchev–Trinajstić information content (AvgIpc) is 2.84. The van der Waals surface area contributed by atoms with Gasteiger partial charge in [0.15, 0.2) is 0 Å². The Balaban J connectivity index is 2.39. The van der Waals surface area contributed by atoms with Crippen molar-refractivity contribution in [3.63, 3.8) is 0 Å². The number of carbonyl (C=O) groups excluding carboxylic acids is 1. The molecule has 0 aliphatic rings.